The van der Waals surface area contributed by atoms with Crippen LogP contribution >= 0.6 is 0 Å². The minimum atomic E-state index is -0.719. The van der Waals surface area contributed by atoms with Crippen molar-refractivity contribution in [1.29, 1.82) is 0 Å². The van der Waals surface area contributed by atoms with Gasteiger partial charge >= 0.3 is 0 Å². The number of amides is 3. The Bertz CT molecular complexity index is 482. The van der Waals surface area contributed by atoms with Crippen molar-refractivity contribution in [2.45, 2.75) is 59.4 Å². The Morgan fingerprint density at radius 2 is 1.32 bits per heavy atom. The molecule has 0 aromatic rings. The van der Waals surface area contributed by atoms with Crippen molar-refractivity contribution in [2.75, 3.05) is 13.1 Å². The third-order valence-electron chi connectivity index (χ3n) is 3.81. The molecule has 0 fully saturated rings. The van der Waals surface area contributed by atoms with Crippen LogP contribution in [0.15, 0.2) is 0 Å². The highest BCUT2D eigenvalue weighted by Gasteiger charge is 2.20. The van der Waals surface area contributed by atoms with Crippen LogP contribution in [0.25, 0.3) is 0 Å². The Kier molecular flexibility index (Phi) is 10.6. The summed E-state index contributed by atoms with van der Waals surface area (Å²) < 4.78 is 0. The van der Waals surface area contributed by atoms with Crippen LogP contribution in [0.4, 0.5) is 0 Å². The fourth-order valence-corrected chi connectivity index (χ4v) is 2.12. The van der Waals surface area contributed by atoms with Crippen LogP contribution in [0.2, 0.25) is 0 Å². The summed E-state index contributed by atoms with van der Waals surface area (Å²) in [6, 6.07) is -0.719. The van der Waals surface area contributed by atoms with Gasteiger partial charge in [0.1, 0.15) is 0 Å². The minimum absolute atomic E-state index is 0.0213. The first-order chi connectivity index (χ1) is 11.6. The average molecular weight is 357 g/mol. The summed E-state index contributed by atoms with van der Waals surface area (Å²) in [5.74, 6) is -2.16. The summed E-state index contributed by atoms with van der Waals surface area (Å²) in [6.45, 7) is 5.34. The quantitative estimate of drug-likeness (QED) is 0.547. The molecule has 0 aromatic carbocycles. The van der Waals surface area contributed by atoms with E-state index in [2.05, 4.69) is 5.32 Å². The average Bonchev–Trinajstić information content (AvgIpc) is 2.52. The van der Waals surface area contributed by atoms with E-state index in [1.165, 1.54) is 13.8 Å². The smallest absolute Gasteiger partial charge is 0.223 e. The molecule has 2 unspecified atom stereocenters. The van der Waals surface area contributed by atoms with E-state index < -0.39 is 23.8 Å². The summed E-state index contributed by atoms with van der Waals surface area (Å²) in [7, 11) is 0. The largest absolute Gasteiger partial charge is 0.756 e. The van der Waals surface area contributed by atoms with Crippen LogP contribution in [0.3, 0.4) is 0 Å². The zero-order valence-corrected chi connectivity index (χ0v) is 15.2. The van der Waals surface area contributed by atoms with Crippen molar-refractivity contribution in [1.82, 2.24) is 15.4 Å². The van der Waals surface area contributed by atoms with E-state index in [-0.39, 0.29) is 31.2 Å². The number of hydroxylamine groups is 4. The van der Waals surface area contributed by atoms with E-state index >= 15 is 0 Å². The van der Waals surface area contributed by atoms with Crippen molar-refractivity contribution < 1.29 is 19.2 Å². The number of rotatable bonds is 11. The van der Waals surface area contributed by atoms with Crippen molar-refractivity contribution in [3.05, 3.63) is 10.4 Å². The summed E-state index contributed by atoms with van der Waals surface area (Å²) in [5, 5.41) is 25.6. The fraction of sp³-hybridized carbons (Fsp3) is 0.750. The maximum atomic E-state index is 12.1. The predicted molar refractivity (Wildman–Crippen MR) is 91.8 cm³/mol. The summed E-state index contributed by atoms with van der Waals surface area (Å²) >= 11 is 0. The van der Waals surface area contributed by atoms with E-state index in [1.807, 2.05) is 0 Å². The second-order valence-electron chi connectivity index (χ2n) is 6.10. The van der Waals surface area contributed by atoms with E-state index in [4.69, 9.17) is 0 Å². The third-order valence-corrected chi connectivity index (χ3v) is 3.81. The van der Waals surface area contributed by atoms with Crippen molar-refractivity contribution in [3.8, 4) is 0 Å². The summed E-state index contributed by atoms with van der Waals surface area (Å²) in [4.78, 5) is 45.4. The molecule has 0 aliphatic heterocycles. The molecule has 0 heterocycles. The monoisotopic (exact) mass is 357 g/mol. The predicted octanol–water partition coefficient (Wildman–Crippen LogP) is 0.949. The molecule has 0 saturated carbocycles. The van der Waals surface area contributed by atoms with Crippen LogP contribution in [0.1, 0.15) is 53.4 Å². The van der Waals surface area contributed by atoms with Crippen LogP contribution < -0.4 is 5.32 Å². The van der Waals surface area contributed by atoms with Crippen molar-refractivity contribution >= 4 is 23.5 Å². The maximum absolute atomic E-state index is 12.1. The Balaban J connectivity index is 4.32. The lowest BCUT2D eigenvalue weighted by Crippen LogP contribution is -2.42. The van der Waals surface area contributed by atoms with Crippen molar-refractivity contribution in [3.63, 3.8) is 0 Å². The first-order valence-corrected chi connectivity index (χ1v) is 8.27. The Morgan fingerprint density at radius 3 is 1.72 bits per heavy atom. The lowest BCUT2D eigenvalue weighted by atomic mass is 10.0. The molecule has 144 valence electrons. The molecule has 0 aromatic heterocycles. The van der Waals surface area contributed by atoms with Crippen molar-refractivity contribution in [2.24, 2.45) is 5.92 Å². The number of nitrogens with one attached hydrogen (secondary N) is 1. The Morgan fingerprint density at radius 1 is 0.880 bits per heavy atom. The molecule has 25 heavy (non-hydrogen) atoms. The van der Waals surface area contributed by atoms with Gasteiger partial charge in [0.05, 0.1) is 6.04 Å². The van der Waals surface area contributed by atoms with E-state index in [0.717, 1.165) is 6.92 Å². The Labute approximate surface area is 147 Å². The minimum Gasteiger partial charge on any atom is -0.756 e. The first-order valence-electron chi connectivity index (χ1n) is 8.27. The second kappa shape index (κ2) is 11.5. The highest BCUT2D eigenvalue weighted by molar-refractivity contribution is 5.88. The number of hydrogen-bond donors (Lipinski definition) is 1. The lowest BCUT2D eigenvalue weighted by molar-refractivity contribution is -0.130. The molecule has 0 rings (SSSR count). The number of carbonyl (C=O) groups is 4. The topological polar surface area (TPSA) is 133 Å². The second-order valence-corrected chi connectivity index (χ2v) is 6.10. The molecule has 2 atom stereocenters. The highest BCUT2D eigenvalue weighted by atomic mass is 16.5. The lowest BCUT2D eigenvalue weighted by Gasteiger charge is -2.28. The van der Waals surface area contributed by atoms with Gasteiger partial charge in [-0.25, -0.2) is 0 Å². The van der Waals surface area contributed by atoms with Gasteiger partial charge in [-0.1, -0.05) is 6.92 Å². The molecule has 9 heteroatoms. The third kappa shape index (κ3) is 9.78. The number of hydrogen-bond acceptors (Lipinski definition) is 6. The maximum Gasteiger partial charge on any atom is 0.223 e. The summed E-state index contributed by atoms with van der Waals surface area (Å²) in [6.07, 6.45) is 1.34. The van der Waals surface area contributed by atoms with Gasteiger partial charge in [-0.05, 0) is 32.6 Å². The molecular formula is C16H27N3O6-2. The number of ketones is 1. The zero-order valence-electron chi connectivity index (χ0n) is 15.2. The van der Waals surface area contributed by atoms with Crippen LogP contribution in [0, 0.1) is 16.3 Å². The van der Waals surface area contributed by atoms with Gasteiger partial charge in [-0.3, -0.25) is 19.2 Å². The zero-order chi connectivity index (χ0) is 19.6. The molecule has 9 nitrogen and oxygen atoms in total. The first kappa shape index (κ1) is 23.0. The molecule has 3 amide bonds. The number of nitrogens with zero attached hydrogens (tertiary/aromatic N) is 2. The van der Waals surface area contributed by atoms with E-state index in [0.29, 0.717) is 29.4 Å². The highest BCUT2D eigenvalue weighted by Crippen LogP contribution is 2.09. The van der Waals surface area contributed by atoms with Gasteiger partial charge in [-0.2, -0.15) is 0 Å². The van der Waals surface area contributed by atoms with Gasteiger partial charge in [0.15, 0.2) is 5.78 Å². The van der Waals surface area contributed by atoms with Gasteiger partial charge in [-0.15, -0.1) is 0 Å². The molecule has 0 aliphatic rings. The molecule has 0 aliphatic carbocycles. The molecule has 0 saturated heterocycles. The SMILES string of the molecule is CC(=O)C(CCCN([O-])C(C)=O)NC(=O)C(C)CCCN([O-])C(C)=O. The van der Waals surface area contributed by atoms with Crippen LogP contribution in [0.5, 0.6) is 0 Å². The molecule has 0 spiro atoms. The fourth-order valence-electron chi connectivity index (χ4n) is 2.12. The van der Waals surface area contributed by atoms with Gasteiger partial charge in [0, 0.05) is 32.9 Å². The molecule has 0 bridgehead atoms. The molecular weight excluding hydrogens is 330 g/mol. The van der Waals surface area contributed by atoms with E-state index in [1.54, 1.807) is 6.92 Å². The summed E-state index contributed by atoms with van der Waals surface area (Å²) in [5.41, 5.74) is 0. The van der Waals surface area contributed by atoms with Gasteiger partial charge in [0.25, 0.3) is 0 Å². The Hall–Kier alpha value is -2.00. The van der Waals surface area contributed by atoms with Crippen LogP contribution in [-0.2, 0) is 19.2 Å². The standard InChI is InChI=1S/C16H27N3O6/c1-11(7-5-9-18(24)13(3)21)16(23)17-15(12(2)20)8-6-10-19(25)14(4)22/h11,15H,5-10H2,1-4H3,(H,17,23)/q-2. The molecule has 1 N–H and O–H groups in total. The molecule has 0 radical (unpaired) electrons. The number of Topliss-reactive ketones (excluding diaryl/α,β-unsaturated/α-hetero) is 1. The van der Waals surface area contributed by atoms with Crippen LogP contribution in [-0.4, -0.2) is 52.8 Å². The van der Waals surface area contributed by atoms with E-state index in [9.17, 15) is 29.6 Å². The van der Waals surface area contributed by atoms with Gasteiger partial charge in [0.2, 0.25) is 17.7 Å². The number of carbonyl (C=O) groups excluding carboxylic acids is 4. The normalized spacial score (nSPS) is 12.9. The van der Waals surface area contributed by atoms with Gasteiger partial charge < -0.3 is 25.9 Å².